The number of amides is 1. The van der Waals surface area contributed by atoms with Crippen molar-refractivity contribution in [2.24, 2.45) is 0 Å². The Morgan fingerprint density at radius 3 is 2.50 bits per heavy atom. The van der Waals surface area contributed by atoms with Crippen LogP contribution in [0.3, 0.4) is 0 Å². The van der Waals surface area contributed by atoms with Crippen LogP contribution >= 0.6 is 0 Å². The first kappa shape index (κ1) is 17.6. The van der Waals surface area contributed by atoms with Crippen LogP contribution in [-0.2, 0) is 25.5 Å². The van der Waals surface area contributed by atoms with Crippen LogP contribution in [0.5, 0.6) is 11.5 Å². The number of hydrogen-bond acceptors (Lipinski definition) is 6. The molecule has 0 fully saturated rings. The van der Waals surface area contributed by atoms with Gasteiger partial charge in [-0.3, -0.25) is 4.79 Å². The van der Waals surface area contributed by atoms with E-state index in [1.165, 1.54) is 14.2 Å². The molecule has 1 aromatic carbocycles. The van der Waals surface area contributed by atoms with Crippen molar-refractivity contribution in [3.8, 4) is 11.5 Å². The summed E-state index contributed by atoms with van der Waals surface area (Å²) in [5, 5.41) is 9.63. The minimum Gasteiger partial charge on any atom is -0.497 e. The third-order valence-electron chi connectivity index (χ3n) is 3.81. The van der Waals surface area contributed by atoms with E-state index >= 15 is 0 Å². The molecule has 1 heterocycles. The van der Waals surface area contributed by atoms with Crippen molar-refractivity contribution in [1.82, 2.24) is 4.90 Å². The van der Waals surface area contributed by atoms with Gasteiger partial charge in [-0.1, -0.05) is 0 Å². The number of aliphatic carboxylic acids is 1. The van der Waals surface area contributed by atoms with Crippen molar-refractivity contribution in [3.63, 3.8) is 0 Å². The average molecular weight is 337 g/mol. The molecule has 0 aliphatic carbocycles. The van der Waals surface area contributed by atoms with Crippen LogP contribution in [0, 0.1) is 0 Å². The molecule has 130 valence electrons. The Bertz CT molecular complexity index is 653. The van der Waals surface area contributed by atoms with Crippen LogP contribution in [-0.4, -0.2) is 55.2 Å². The SMILES string of the molecule is CCOC(=O)C(=O)N1CCc2cc(OC)cc(OC)c2C1C(=O)O. The summed E-state index contributed by atoms with van der Waals surface area (Å²) in [6.45, 7) is 1.69. The van der Waals surface area contributed by atoms with E-state index in [-0.39, 0.29) is 18.9 Å². The first-order valence-corrected chi connectivity index (χ1v) is 7.39. The molecule has 24 heavy (non-hydrogen) atoms. The highest BCUT2D eigenvalue weighted by atomic mass is 16.5. The number of benzene rings is 1. The lowest BCUT2D eigenvalue weighted by atomic mass is 9.91. The molecule has 1 atom stereocenters. The topological polar surface area (TPSA) is 102 Å². The van der Waals surface area contributed by atoms with E-state index in [9.17, 15) is 19.5 Å². The highest BCUT2D eigenvalue weighted by Crippen LogP contribution is 2.39. The van der Waals surface area contributed by atoms with Gasteiger partial charge in [-0.2, -0.15) is 0 Å². The maximum atomic E-state index is 12.3. The average Bonchev–Trinajstić information content (AvgIpc) is 2.58. The summed E-state index contributed by atoms with van der Waals surface area (Å²) >= 11 is 0. The molecule has 0 saturated carbocycles. The summed E-state index contributed by atoms with van der Waals surface area (Å²) in [6, 6.07) is 1.93. The second-order valence-corrected chi connectivity index (χ2v) is 5.11. The molecule has 0 radical (unpaired) electrons. The summed E-state index contributed by atoms with van der Waals surface area (Å²) in [5.74, 6) is -2.48. The van der Waals surface area contributed by atoms with E-state index in [0.717, 1.165) is 4.90 Å². The largest absolute Gasteiger partial charge is 0.497 e. The molecule has 1 N–H and O–H groups in total. The van der Waals surface area contributed by atoms with Gasteiger partial charge in [0, 0.05) is 18.2 Å². The molecule has 0 bridgehead atoms. The second kappa shape index (κ2) is 7.20. The lowest BCUT2D eigenvalue weighted by molar-refractivity contribution is -0.164. The summed E-state index contributed by atoms with van der Waals surface area (Å²) in [5.41, 5.74) is 1.04. The third-order valence-corrected chi connectivity index (χ3v) is 3.81. The molecule has 8 heteroatoms. The van der Waals surface area contributed by atoms with Crippen LogP contribution in [0.1, 0.15) is 24.1 Å². The zero-order chi connectivity index (χ0) is 17.9. The van der Waals surface area contributed by atoms with Gasteiger partial charge in [0.2, 0.25) is 0 Å². The van der Waals surface area contributed by atoms with E-state index in [1.807, 2.05) is 0 Å². The summed E-state index contributed by atoms with van der Waals surface area (Å²) in [6.07, 6.45) is 0.373. The summed E-state index contributed by atoms with van der Waals surface area (Å²) < 4.78 is 15.1. The number of carboxylic acid groups (broad SMARTS) is 1. The van der Waals surface area contributed by atoms with Gasteiger partial charge in [-0.15, -0.1) is 0 Å². The quantitative estimate of drug-likeness (QED) is 0.639. The van der Waals surface area contributed by atoms with Gasteiger partial charge in [0.15, 0.2) is 6.04 Å². The van der Waals surface area contributed by atoms with Crippen molar-refractivity contribution in [2.45, 2.75) is 19.4 Å². The number of esters is 1. The van der Waals surface area contributed by atoms with Gasteiger partial charge in [-0.25, -0.2) is 9.59 Å². The van der Waals surface area contributed by atoms with Gasteiger partial charge in [0.05, 0.1) is 20.8 Å². The highest BCUT2D eigenvalue weighted by molar-refractivity contribution is 6.32. The van der Waals surface area contributed by atoms with E-state index < -0.39 is 23.9 Å². The molecule has 1 unspecified atom stereocenters. The molecule has 1 amide bonds. The number of carbonyl (C=O) groups excluding carboxylic acids is 2. The number of methoxy groups -OCH3 is 2. The van der Waals surface area contributed by atoms with Gasteiger partial charge in [0.1, 0.15) is 11.5 Å². The Morgan fingerprint density at radius 2 is 1.96 bits per heavy atom. The maximum absolute atomic E-state index is 12.3. The number of fused-ring (bicyclic) bond motifs is 1. The second-order valence-electron chi connectivity index (χ2n) is 5.11. The van der Waals surface area contributed by atoms with Crippen molar-refractivity contribution in [1.29, 1.82) is 0 Å². The molecule has 2 rings (SSSR count). The Labute approximate surface area is 138 Å². The number of nitrogens with zero attached hydrogens (tertiary/aromatic N) is 1. The fraction of sp³-hybridized carbons (Fsp3) is 0.438. The van der Waals surface area contributed by atoms with E-state index in [2.05, 4.69) is 0 Å². The monoisotopic (exact) mass is 337 g/mol. The van der Waals surface area contributed by atoms with E-state index in [4.69, 9.17) is 14.2 Å². The summed E-state index contributed by atoms with van der Waals surface area (Å²) in [4.78, 5) is 36.8. The Morgan fingerprint density at radius 1 is 1.25 bits per heavy atom. The normalized spacial score (nSPS) is 16.1. The smallest absolute Gasteiger partial charge is 0.397 e. The Kier molecular flexibility index (Phi) is 5.28. The number of ether oxygens (including phenoxy) is 3. The maximum Gasteiger partial charge on any atom is 0.397 e. The minimum absolute atomic E-state index is 0.0350. The Balaban J connectivity index is 2.50. The summed E-state index contributed by atoms with van der Waals surface area (Å²) in [7, 11) is 2.90. The number of carbonyl (C=O) groups is 3. The number of rotatable bonds is 4. The van der Waals surface area contributed by atoms with Gasteiger partial charge in [0.25, 0.3) is 0 Å². The fourth-order valence-corrected chi connectivity index (χ4v) is 2.77. The molecular formula is C16H19NO7. The fourth-order valence-electron chi connectivity index (χ4n) is 2.77. The van der Waals surface area contributed by atoms with Crippen LogP contribution < -0.4 is 9.47 Å². The van der Waals surface area contributed by atoms with Gasteiger partial charge < -0.3 is 24.2 Å². The van der Waals surface area contributed by atoms with Crippen LogP contribution in [0.4, 0.5) is 0 Å². The zero-order valence-electron chi connectivity index (χ0n) is 13.7. The molecule has 0 saturated heterocycles. The standard InChI is InChI=1S/C16H19NO7/c1-4-24-16(21)14(18)17-6-5-9-7-10(22-2)8-11(23-3)12(9)13(17)15(19)20/h7-8,13H,4-6H2,1-3H3,(H,19,20). The van der Waals surface area contributed by atoms with Crippen LogP contribution in [0.2, 0.25) is 0 Å². The van der Waals surface area contributed by atoms with Gasteiger partial charge >= 0.3 is 17.8 Å². The van der Waals surface area contributed by atoms with Crippen molar-refractivity contribution < 1.29 is 33.7 Å². The molecule has 1 aliphatic heterocycles. The van der Waals surface area contributed by atoms with Crippen molar-refractivity contribution in [2.75, 3.05) is 27.4 Å². The van der Waals surface area contributed by atoms with Crippen molar-refractivity contribution >= 4 is 17.8 Å². The van der Waals surface area contributed by atoms with Crippen molar-refractivity contribution in [3.05, 3.63) is 23.3 Å². The highest BCUT2D eigenvalue weighted by Gasteiger charge is 2.41. The predicted octanol–water partition coefficient (Wildman–Crippen LogP) is 0.777. The third kappa shape index (κ3) is 3.12. The molecule has 0 spiro atoms. The minimum atomic E-state index is -1.33. The lowest BCUT2D eigenvalue weighted by Crippen LogP contribution is -2.47. The molecule has 1 aromatic rings. The first-order valence-electron chi connectivity index (χ1n) is 7.39. The molecule has 1 aliphatic rings. The number of hydrogen-bond donors (Lipinski definition) is 1. The van der Waals surface area contributed by atoms with Crippen LogP contribution in [0.15, 0.2) is 12.1 Å². The Hall–Kier alpha value is -2.77. The molecule has 8 nitrogen and oxygen atoms in total. The van der Waals surface area contributed by atoms with Gasteiger partial charge in [-0.05, 0) is 25.0 Å². The van der Waals surface area contributed by atoms with E-state index in [1.54, 1.807) is 19.1 Å². The first-order chi connectivity index (χ1) is 11.4. The van der Waals surface area contributed by atoms with Crippen LogP contribution in [0.25, 0.3) is 0 Å². The number of carboxylic acids is 1. The lowest BCUT2D eigenvalue weighted by Gasteiger charge is -2.35. The zero-order valence-corrected chi connectivity index (χ0v) is 13.7. The predicted molar refractivity (Wildman–Crippen MR) is 82.0 cm³/mol. The molecule has 0 aromatic heterocycles. The molecular weight excluding hydrogens is 318 g/mol. The van der Waals surface area contributed by atoms with E-state index in [0.29, 0.717) is 23.3 Å².